The predicted octanol–water partition coefficient (Wildman–Crippen LogP) is 2.94. The predicted molar refractivity (Wildman–Crippen MR) is 126 cm³/mol. The Morgan fingerprint density at radius 2 is 1.61 bits per heavy atom. The van der Waals surface area contributed by atoms with E-state index in [-0.39, 0.29) is 24.0 Å². The number of carbonyl (C=O) groups is 3. The number of phenols is 1. The number of rotatable bonds is 5. The van der Waals surface area contributed by atoms with Crippen molar-refractivity contribution in [2.24, 2.45) is 0 Å². The van der Waals surface area contributed by atoms with Crippen LogP contribution in [0.1, 0.15) is 24.1 Å². The van der Waals surface area contributed by atoms with Crippen molar-refractivity contribution in [1.29, 1.82) is 0 Å². The number of para-hydroxylation sites is 1. The smallest absolute Gasteiger partial charge is 0.253 e. The van der Waals surface area contributed by atoms with Crippen molar-refractivity contribution in [2.45, 2.75) is 25.4 Å². The number of phenolic OH excluding ortho intramolecular Hbond substituents is 1. The van der Waals surface area contributed by atoms with E-state index in [0.29, 0.717) is 11.1 Å². The van der Waals surface area contributed by atoms with Crippen LogP contribution in [0.2, 0.25) is 0 Å². The van der Waals surface area contributed by atoms with Gasteiger partial charge in [-0.3, -0.25) is 14.4 Å². The maximum absolute atomic E-state index is 13.3. The Bertz CT molecular complexity index is 1210. The van der Waals surface area contributed by atoms with Gasteiger partial charge in [-0.05, 0) is 41.8 Å². The number of hydrogen-bond acceptors (Lipinski definition) is 4. The standard InChI is InChI=1S/C26H25N3O4/c1-16(27-23(31)15-17-11-13-18(30)14-12-17)25(32)28-24-21-9-4-3-7-19(21)20-8-5-6-10-22(20)29(2)26(24)33/h3-14,16,24,30H,15H2,1-2H3,(H,27,31)(H,28,32). The first-order valence-electron chi connectivity index (χ1n) is 10.7. The Hall–Kier alpha value is -4.13. The normalized spacial score (nSPS) is 15.6. The average Bonchev–Trinajstić information content (AvgIpc) is 2.90. The van der Waals surface area contributed by atoms with Gasteiger partial charge < -0.3 is 20.6 Å². The molecule has 3 aromatic rings. The molecule has 0 bridgehead atoms. The Balaban J connectivity index is 1.51. The Labute approximate surface area is 192 Å². The summed E-state index contributed by atoms with van der Waals surface area (Å²) in [6.45, 7) is 1.58. The van der Waals surface area contributed by atoms with Gasteiger partial charge in [0, 0.05) is 12.6 Å². The highest BCUT2D eigenvalue weighted by atomic mass is 16.3. The number of amides is 3. The summed E-state index contributed by atoms with van der Waals surface area (Å²) in [6, 6.07) is 19.7. The van der Waals surface area contributed by atoms with Gasteiger partial charge in [-0.2, -0.15) is 0 Å². The molecule has 0 spiro atoms. The molecule has 2 unspecified atom stereocenters. The van der Waals surface area contributed by atoms with Crippen LogP contribution in [0, 0.1) is 0 Å². The van der Waals surface area contributed by atoms with E-state index in [2.05, 4.69) is 10.6 Å². The molecule has 2 atom stereocenters. The molecule has 1 heterocycles. The number of nitrogens with one attached hydrogen (secondary N) is 2. The second-order valence-corrected chi connectivity index (χ2v) is 8.08. The maximum Gasteiger partial charge on any atom is 0.253 e. The highest BCUT2D eigenvalue weighted by molar-refractivity contribution is 6.06. The van der Waals surface area contributed by atoms with Crippen molar-refractivity contribution < 1.29 is 19.5 Å². The first-order chi connectivity index (χ1) is 15.8. The highest BCUT2D eigenvalue weighted by Gasteiger charge is 2.34. The zero-order valence-corrected chi connectivity index (χ0v) is 18.4. The first kappa shape index (κ1) is 22.1. The van der Waals surface area contributed by atoms with Crippen LogP contribution in [0.25, 0.3) is 11.1 Å². The molecule has 33 heavy (non-hydrogen) atoms. The summed E-state index contributed by atoms with van der Waals surface area (Å²) in [6.07, 6.45) is 0.0706. The molecule has 1 aliphatic rings. The average molecular weight is 444 g/mol. The van der Waals surface area contributed by atoms with Crippen LogP contribution in [0.15, 0.2) is 72.8 Å². The summed E-state index contributed by atoms with van der Waals surface area (Å²) in [5.41, 5.74) is 3.97. The number of carbonyl (C=O) groups excluding carboxylic acids is 3. The van der Waals surface area contributed by atoms with Gasteiger partial charge in [-0.1, -0.05) is 54.6 Å². The van der Waals surface area contributed by atoms with Crippen molar-refractivity contribution in [2.75, 3.05) is 11.9 Å². The first-order valence-corrected chi connectivity index (χ1v) is 10.7. The molecular formula is C26H25N3O4. The molecule has 1 aliphatic heterocycles. The summed E-state index contributed by atoms with van der Waals surface area (Å²) >= 11 is 0. The minimum absolute atomic E-state index is 0.0706. The lowest BCUT2D eigenvalue weighted by molar-refractivity contribution is -0.130. The number of benzene rings is 3. The Morgan fingerprint density at radius 3 is 2.33 bits per heavy atom. The van der Waals surface area contributed by atoms with Crippen molar-refractivity contribution in [1.82, 2.24) is 10.6 Å². The third-order valence-corrected chi connectivity index (χ3v) is 5.76. The van der Waals surface area contributed by atoms with Crippen molar-refractivity contribution in [3.05, 3.63) is 83.9 Å². The van der Waals surface area contributed by atoms with Crippen LogP contribution >= 0.6 is 0 Å². The molecule has 7 heteroatoms. The highest BCUT2D eigenvalue weighted by Crippen LogP contribution is 2.39. The van der Waals surface area contributed by atoms with E-state index in [0.717, 1.165) is 16.8 Å². The summed E-state index contributed by atoms with van der Waals surface area (Å²) in [7, 11) is 1.69. The van der Waals surface area contributed by atoms with E-state index < -0.39 is 18.0 Å². The fourth-order valence-electron chi connectivity index (χ4n) is 4.00. The molecule has 3 amide bonds. The second-order valence-electron chi connectivity index (χ2n) is 8.08. The van der Waals surface area contributed by atoms with E-state index in [1.165, 1.54) is 12.1 Å². The zero-order chi connectivity index (χ0) is 23.5. The minimum atomic E-state index is -0.887. The lowest BCUT2D eigenvalue weighted by atomic mass is 9.95. The minimum Gasteiger partial charge on any atom is -0.508 e. The van der Waals surface area contributed by atoms with E-state index in [1.54, 1.807) is 31.0 Å². The van der Waals surface area contributed by atoms with Gasteiger partial charge in [0.15, 0.2) is 0 Å². The van der Waals surface area contributed by atoms with E-state index >= 15 is 0 Å². The number of anilines is 1. The van der Waals surface area contributed by atoms with Crippen molar-refractivity contribution >= 4 is 23.4 Å². The maximum atomic E-state index is 13.3. The molecule has 0 fully saturated rings. The Morgan fingerprint density at radius 1 is 0.970 bits per heavy atom. The molecule has 168 valence electrons. The molecule has 0 saturated heterocycles. The van der Waals surface area contributed by atoms with Crippen LogP contribution in [-0.2, 0) is 20.8 Å². The Kier molecular flexibility index (Phi) is 6.13. The molecule has 4 rings (SSSR count). The number of fused-ring (bicyclic) bond motifs is 3. The van der Waals surface area contributed by atoms with E-state index in [9.17, 15) is 19.5 Å². The van der Waals surface area contributed by atoms with Crippen LogP contribution < -0.4 is 15.5 Å². The van der Waals surface area contributed by atoms with E-state index in [4.69, 9.17) is 0 Å². The lowest BCUT2D eigenvalue weighted by Crippen LogP contribution is -2.49. The third kappa shape index (κ3) is 4.57. The number of aromatic hydroxyl groups is 1. The fourth-order valence-corrected chi connectivity index (χ4v) is 4.00. The van der Waals surface area contributed by atoms with Gasteiger partial charge >= 0.3 is 0 Å². The summed E-state index contributed by atoms with van der Waals surface area (Å²) in [4.78, 5) is 40.2. The van der Waals surface area contributed by atoms with Gasteiger partial charge in [-0.15, -0.1) is 0 Å². The van der Waals surface area contributed by atoms with Gasteiger partial charge in [-0.25, -0.2) is 0 Å². The van der Waals surface area contributed by atoms with Crippen LogP contribution in [0.3, 0.4) is 0 Å². The van der Waals surface area contributed by atoms with Crippen LogP contribution in [0.4, 0.5) is 5.69 Å². The lowest BCUT2D eigenvalue weighted by Gasteiger charge is -2.24. The SMILES string of the molecule is CC(NC(=O)Cc1ccc(O)cc1)C(=O)NC1C(=O)N(C)c2ccccc2-c2ccccc21. The molecule has 0 aromatic heterocycles. The monoisotopic (exact) mass is 443 g/mol. The quantitative estimate of drug-likeness (QED) is 0.565. The van der Waals surface area contributed by atoms with Crippen LogP contribution in [-0.4, -0.2) is 35.9 Å². The van der Waals surface area contributed by atoms with Gasteiger partial charge in [0.25, 0.3) is 5.91 Å². The molecule has 0 radical (unpaired) electrons. The molecule has 7 nitrogen and oxygen atoms in total. The van der Waals surface area contributed by atoms with Gasteiger partial charge in [0.05, 0.1) is 12.1 Å². The summed E-state index contributed by atoms with van der Waals surface area (Å²) in [5, 5.41) is 14.9. The number of nitrogens with zero attached hydrogens (tertiary/aromatic N) is 1. The van der Waals surface area contributed by atoms with Gasteiger partial charge in [0.2, 0.25) is 11.8 Å². The topological polar surface area (TPSA) is 98.7 Å². The summed E-state index contributed by atoms with van der Waals surface area (Å²) < 4.78 is 0. The molecule has 3 N–H and O–H groups in total. The molecule has 3 aromatic carbocycles. The second kappa shape index (κ2) is 9.16. The third-order valence-electron chi connectivity index (χ3n) is 5.76. The largest absolute Gasteiger partial charge is 0.508 e. The molecule has 0 saturated carbocycles. The number of likely N-dealkylation sites (N-methyl/N-ethyl adjacent to an activating group) is 1. The summed E-state index contributed by atoms with van der Waals surface area (Å²) in [5.74, 6) is -0.933. The van der Waals surface area contributed by atoms with Crippen molar-refractivity contribution in [3.63, 3.8) is 0 Å². The molecule has 0 aliphatic carbocycles. The number of hydrogen-bond donors (Lipinski definition) is 3. The van der Waals surface area contributed by atoms with Gasteiger partial charge in [0.1, 0.15) is 17.8 Å². The molecular weight excluding hydrogens is 418 g/mol. The zero-order valence-electron chi connectivity index (χ0n) is 18.4. The van der Waals surface area contributed by atoms with E-state index in [1.807, 2.05) is 48.5 Å². The fraction of sp³-hybridized carbons (Fsp3) is 0.192. The van der Waals surface area contributed by atoms with Crippen molar-refractivity contribution in [3.8, 4) is 16.9 Å². The van der Waals surface area contributed by atoms with Crippen LogP contribution in [0.5, 0.6) is 5.75 Å².